The largest absolute Gasteiger partial charge is 0.493 e. The summed E-state index contributed by atoms with van der Waals surface area (Å²) in [6.07, 6.45) is 0.336. The van der Waals surface area contributed by atoms with E-state index in [1.165, 1.54) is 31.4 Å². The highest BCUT2D eigenvalue weighted by Gasteiger charge is 2.30. The van der Waals surface area contributed by atoms with Crippen molar-refractivity contribution in [2.45, 2.75) is 45.7 Å². The van der Waals surface area contributed by atoms with E-state index < -0.39 is 11.7 Å². The molecule has 0 aliphatic heterocycles. The average molecular weight is 607 g/mol. The lowest BCUT2D eigenvalue weighted by Gasteiger charge is -2.15. The Morgan fingerprint density at radius 1 is 0.600 bits per heavy atom. The molecule has 45 heavy (non-hydrogen) atoms. The Morgan fingerprint density at radius 2 is 0.978 bits per heavy atom. The second-order valence-corrected chi connectivity index (χ2v) is 11.4. The average Bonchev–Trinajstić information content (AvgIpc) is 3.08. The van der Waals surface area contributed by atoms with Crippen LogP contribution in [0, 0.1) is 5.92 Å². The molecule has 0 N–H and O–H groups in total. The van der Waals surface area contributed by atoms with Crippen LogP contribution in [0.1, 0.15) is 61.0 Å². The summed E-state index contributed by atoms with van der Waals surface area (Å²) in [5.41, 5.74) is 6.27. The number of hydrogen-bond acceptors (Lipinski definition) is 2. The van der Waals surface area contributed by atoms with Crippen LogP contribution in [-0.2, 0) is 6.18 Å². The predicted molar refractivity (Wildman–Crippen MR) is 176 cm³/mol. The quantitative estimate of drug-likeness (QED) is 0.132. The van der Waals surface area contributed by atoms with Crippen molar-refractivity contribution in [3.05, 3.63) is 138 Å². The zero-order valence-electron chi connectivity index (χ0n) is 25.6. The summed E-state index contributed by atoms with van der Waals surface area (Å²) in [6.45, 7) is 5.10. The minimum Gasteiger partial charge on any atom is -0.493 e. The van der Waals surface area contributed by atoms with E-state index in [-0.39, 0.29) is 5.78 Å². The first-order valence-electron chi connectivity index (χ1n) is 15.5. The summed E-state index contributed by atoms with van der Waals surface area (Å²) >= 11 is 0. The number of ketones is 1. The van der Waals surface area contributed by atoms with E-state index in [1.54, 1.807) is 0 Å². The molecule has 5 aromatic carbocycles. The first kappa shape index (κ1) is 31.8. The molecule has 5 aromatic rings. The van der Waals surface area contributed by atoms with Crippen LogP contribution in [0.3, 0.4) is 0 Å². The second kappa shape index (κ2) is 14.4. The van der Waals surface area contributed by atoms with Crippen molar-refractivity contribution in [2.24, 2.45) is 5.92 Å². The smallest absolute Gasteiger partial charge is 0.416 e. The molecule has 0 fully saturated rings. The molecule has 0 amide bonds. The summed E-state index contributed by atoms with van der Waals surface area (Å²) in [5, 5.41) is 0. The van der Waals surface area contributed by atoms with Gasteiger partial charge in [-0.3, -0.25) is 4.79 Å². The number of carbonyl (C=O) groups is 1. The first-order chi connectivity index (χ1) is 21.7. The normalized spacial score (nSPS) is 12.1. The molecule has 1 atom stereocenters. The van der Waals surface area contributed by atoms with Crippen molar-refractivity contribution >= 4 is 5.78 Å². The molecule has 0 spiro atoms. The third kappa shape index (κ3) is 8.10. The van der Waals surface area contributed by atoms with Crippen LogP contribution in [0.5, 0.6) is 5.75 Å². The number of ether oxygens (including phenoxy) is 1. The van der Waals surface area contributed by atoms with Crippen LogP contribution in [-0.4, -0.2) is 12.4 Å². The van der Waals surface area contributed by atoms with E-state index in [0.29, 0.717) is 23.7 Å². The predicted octanol–water partition coefficient (Wildman–Crippen LogP) is 11.5. The van der Waals surface area contributed by atoms with Crippen LogP contribution >= 0.6 is 0 Å². The molecule has 0 heterocycles. The van der Waals surface area contributed by atoms with Crippen molar-refractivity contribution < 1.29 is 22.7 Å². The number of hydrogen-bond donors (Lipinski definition) is 0. The fraction of sp³-hybridized carbons (Fsp3) is 0.225. The standard InChI is InChI=1S/C40H37F3O2/c1-3-5-6-28(4-2)27-45-38-25-21-36(22-26-38)39(44)35-17-15-33(16-18-35)31-9-7-29(8-10-31)30-11-13-32(14-12-30)34-19-23-37(24-20-34)40(41,42)43/h7-26,28H,3-6,27H2,1-2H3. The van der Waals surface area contributed by atoms with E-state index in [4.69, 9.17) is 4.74 Å². The SMILES string of the molecule is CCCCC(CC)COc1ccc(C(=O)c2ccc(-c3ccc(-c4ccc(-c5ccc(C(F)(F)F)cc5)cc4)cc3)cc2)cc1. The van der Waals surface area contributed by atoms with Crippen molar-refractivity contribution in [1.82, 2.24) is 0 Å². The van der Waals surface area contributed by atoms with E-state index in [1.807, 2.05) is 97.1 Å². The van der Waals surface area contributed by atoms with Gasteiger partial charge in [0.05, 0.1) is 12.2 Å². The molecule has 2 nitrogen and oxygen atoms in total. The molecule has 5 heteroatoms. The summed E-state index contributed by atoms with van der Waals surface area (Å²) in [7, 11) is 0. The molecule has 0 radical (unpaired) electrons. The van der Waals surface area contributed by atoms with Gasteiger partial charge in [0.15, 0.2) is 5.78 Å². The third-order valence-corrected chi connectivity index (χ3v) is 8.27. The van der Waals surface area contributed by atoms with Gasteiger partial charge in [-0.25, -0.2) is 0 Å². The maximum atomic E-state index is 13.1. The van der Waals surface area contributed by atoms with Gasteiger partial charge in [0.1, 0.15) is 5.75 Å². The Kier molecular flexibility index (Phi) is 10.2. The summed E-state index contributed by atoms with van der Waals surface area (Å²) in [6, 6.07) is 36.2. The first-order valence-corrected chi connectivity index (χ1v) is 15.5. The molecule has 0 aliphatic carbocycles. The van der Waals surface area contributed by atoms with E-state index in [2.05, 4.69) is 13.8 Å². The van der Waals surface area contributed by atoms with E-state index in [9.17, 15) is 18.0 Å². The molecule has 0 aromatic heterocycles. The second-order valence-electron chi connectivity index (χ2n) is 11.4. The lowest BCUT2D eigenvalue weighted by molar-refractivity contribution is -0.137. The fourth-order valence-corrected chi connectivity index (χ4v) is 5.36. The maximum absolute atomic E-state index is 13.1. The summed E-state index contributed by atoms with van der Waals surface area (Å²) in [4.78, 5) is 13.1. The Hall–Kier alpha value is -4.64. The number of benzene rings is 5. The van der Waals surface area contributed by atoms with Crippen LogP contribution in [0.2, 0.25) is 0 Å². The van der Waals surface area contributed by atoms with Crippen LogP contribution < -0.4 is 4.74 Å². The Labute approximate surface area is 263 Å². The van der Waals surface area contributed by atoms with Gasteiger partial charge in [-0.1, -0.05) is 118 Å². The molecule has 0 saturated heterocycles. The van der Waals surface area contributed by atoms with E-state index >= 15 is 0 Å². The number of alkyl halides is 3. The number of rotatable bonds is 12. The van der Waals surface area contributed by atoms with Gasteiger partial charge in [0, 0.05) is 11.1 Å². The summed E-state index contributed by atoms with van der Waals surface area (Å²) in [5.74, 6) is 1.31. The topological polar surface area (TPSA) is 26.3 Å². The van der Waals surface area contributed by atoms with Crippen LogP contribution in [0.4, 0.5) is 13.2 Å². The minimum absolute atomic E-state index is 0.0300. The molecule has 0 aliphatic rings. The van der Waals surface area contributed by atoms with Gasteiger partial charge in [-0.15, -0.1) is 0 Å². The van der Waals surface area contributed by atoms with Gasteiger partial charge in [-0.05, 0) is 82.1 Å². The van der Waals surface area contributed by atoms with Crippen LogP contribution in [0.15, 0.2) is 121 Å². The Morgan fingerprint density at radius 3 is 1.36 bits per heavy atom. The monoisotopic (exact) mass is 606 g/mol. The minimum atomic E-state index is -4.34. The van der Waals surface area contributed by atoms with Gasteiger partial charge in [0.25, 0.3) is 0 Å². The zero-order chi connectivity index (χ0) is 31.8. The number of halogens is 3. The van der Waals surface area contributed by atoms with Gasteiger partial charge >= 0.3 is 6.18 Å². The molecular formula is C40H37F3O2. The van der Waals surface area contributed by atoms with Gasteiger partial charge in [-0.2, -0.15) is 13.2 Å². The Bertz CT molecular complexity index is 1670. The van der Waals surface area contributed by atoms with Crippen molar-refractivity contribution in [2.75, 3.05) is 6.61 Å². The van der Waals surface area contributed by atoms with Crippen molar-refractivity contribution in [1.29, 1.82) is 0 Å². The highest BCUT2D eigenvalue weighted by molar-refractivity contribution is 6.09. The highest BCUT2D eigenvalue weighted by Crippen LogP contribution is 2.32. The highest BCUT2D eigenvalue weighted by atomic mass is 19.4. The molecule has 230 valence electrons. The summed E-state index contributed by atoms with van der Waals surface area (Å²) < 4.78 is 44.6. The molecule has 0 saturated carbocycles. The zero-order valence-corrected chi connectivity index (χ0v) is 25.6. The lowest BCUT2D eigenvalue weighted by atomic mass is 9.96. The van der Waals surface area contributed by atoms with E-state index in [0.717, 1.165) is 57.7 Å². The molecule has 5 rings (SSSR count). The van der Waals surface area contributed by atoms with Gasteiger partial charge < -0.3 is 4.74 Å². The molecular weight excluding hydrogens is 569 g/mol. The molecule has 1 unspecified atom stereocenters. The fourth-order valence-electron chi connectivity index (χ4n) is 5.36. The lowest BCUT2D eigenvalue weighted by Crippen LogP contribution is -2.11. The van der Waals surface area contributed by atoms with Crippen molar-refractivity contribution in [3.63, 3.8) is 0 Å². The van der Waals surface area contributed by atoms with Gasteiger partial charge in [0.2, 0.25) is 0 Å². The van der Waals surface area contributed by atoms with Crippen molar-refractivity contribution in [3.8, 4) is 39.1 Å². The third-order valence-electron chi connectivity index (χ3n) is 8.27. The number of carbonyl (C=O) groups excluding carboxylic acids is 1. The number of unbranched alkanes of at least 4 members (excludes halogenated alkanes) is 1. The molecule has 0 bridgehead atoms. The Balaban J connectivity index is 1.19. The van der Waals surface area contributed by atoms with Crippen LogP contribution in [0.25, 0.3) is 33.4 Å². The maximum Gasteiger partial charge on any atom is 0.416 e.